The number of aromatic nitrogens is 2. The molecule has 1 rings (SSSR count). The highest BCUT2D eigenvalue weighted by Gasteiger charge is 2.03. The summed E-state index contributed by atoms with van der Waals surface area (Å²) in [5.74, 6) is 0.497. The van der Waals surface area contributed by atoms with Crippen molar-refractivity contribution >= 4 is 0 Å². The van der Waals surface area contributed by atoms with Crippen LogP contribution in [-0.2, 0) is 0 Å². The van der Waals surface area contributed by atoms with E-state index in [1.165, 1.54) is 12.4 Å². The van der Waals surface area contributed by atoms with Crippen molar-refractivity contribution in [2.24, 2.45) is 0 Å². The molecule has 1 aromatic heterocycles. The van der Waals surface area contributed by atoms with Crippen LogP contribution >= 0.6 is 0 Å². The molecule has 5 heteroatoms. The van der Waals surface area contributed by atoms with Crippen LogP contribution in [0, 0.1) is 6.92 Å². The monoisotopic (exact) mass is 190 g/mol. The second-order valence-electron chi connectivity index (χ2n) is 1.84. The fourth-order valence-electron chi connectivity index (χ4n) is 0.544. The van der Waals surface area contributed by atoms with Crippen molar-refractivity contribution < 1.29 is 13.5 Å². The Balaban J connectivity index is 0.000000671. The molecule has 0 amide bonds. The van der Waals surface area contributed by atoms with Crippen LogP contribution in [-0.4, -0.2) is 16.6 Å². The lowest BCUT2D eigenvalue weighted by molar-refractivity contribution is -0.0503. The Labute approximate surface area is 75.8 Å². The van der Waals surface area contributed by atoms with Gasteiger partial charge in [-0.1, -0.05) is 13.8 Å². The number of aryl methyl sites for hydroxylation is 1. The normalized spacial score (nSPS) is 9.08. The van der Waals surface area contributed by atoms with Crippen LogP contribution in [0.1, 0.15) is 19.7 Å². The van der Waals surface area contributed by atoms with Gasteiger partial charge in [0.2, 0.25) is 0 Å². The van der Waals surface area contributed by atoms with E-state index in [0.717, 1.165) is 0 Å². The van der Waals surface area contributed by atoms with E-state index in [2.05, 4.69) is 14.7 Å². The Morgan fingerprint density at radius 1 is 1.23 bits per heavy atom. The van der Waals surface area contributed by atoms with Crippen LogP contribution in [0.4, 0.5) is 8.78 Å². The maximum absolute atomic E-state index is 11.5. The first-order valence-electron chi connectivity index (χ1n) is 3.92. The van der Waals surface area contributed by atoms with Gasteiger partial charge in [0.1, 0.15) is 5.82 Å². The third kappa shape index (κ3) is 5.05. The molecule has 13 heavy (non-hydrogen) atoms. The lowest BCUT2D eigenvalue weighted by Gasteiger charge is -2.01. The van der Waals surface area contributed by atoms with E-state index in [4.69, 9.17) is 0 Å². The van der Waals surface area contributed by atoms with Crippen molar-refractivity contribution in [2.45, 2.75) is 27.4 Å². The maximum Gasteiger partial charge on any atom is 0.387 e. The molecule has 0 N–H and O–H groups in total. The number of hydrogen-bond donors (Lipinski definition) is 0. The number of halogens is 2. The van der Waals surface area contributed by atoms with E-state index in [9.17, 15) is 8.78 Å². The molecule has 0 radical (unpaired) electrons. The highest BCUT2D eigenvalue weighted by Crippen LogP contribution is 2.09. The second kappa shape index (κ2) is 6.28. The summed E-state index contributed by atoms with van der Waals surface area (Å²) in [7, 11) is 0. The van der Waals surface area contributed by atoms with Crippen molar-refractivity contribution in [3.8, 4) is 5.75 Å². The highest BCUT2D eigenvalue weighted by molar-refractivity contribution is 5.11. The standard InChI is InChI=1S/C6H6F2N2O.C2H6/c1-4-9-2-5(3-10-4)11-6(7)8;1-2/h2-3,6H,1H3;1-2H3. The predicted molar refractivity (Wildman–Crippen MR) is 44.7 cm³/mol. The minimum atomic E-state index is -2.82. The highest BCUT2D eigenvalue weighted by atomic mass is 19.3. The van der Waals surface area contributed by atoms with Crippen molar-refractivity contribution in [3.05, 3.63) is 18.2 Å². The quantitative estimate of drug-likeness (QED) is 0.718. The maximum atomic E-state index is 11.5. The van der Waals surface area contributed by atoms with Gasteiger partial charge in [0.15, 0.2) is 5.75 Å². The lowest BCUT2D eigenvalue weighted by atomic mass is 10.6. The third-order valence-electron chi connectivity index (χ3n) is 0.982. The van der Waals surface area contributed by atoms with Gasteiger partial charge in [-0.2, -0.15) is 8.78 Å². The fourth-order valence-corrected chi connectivity index (χ4v) is 0.544. The number of ether oxygens (including phenoxy) is 1. The molecule has 74 valence electrons. The molecule has 0 saturated heterocycles. The summed E-state index contributed by atoms with van der Waals surface area (Å²) >= 11 is 0. The Morgan fingerprint density at radius 3 is 2.08 bits per heavy atom. The summed E-state index contributed by atoms with van der Waals surface area (Å²) in [4.78, 5) is 7.33. The summed E-state index contributed by atoms with van der Waals surface area (Å²) in [5, 5.41) is 0. The summed E-state index contributed by atoms with van der Waals surface area (Å²) in [6.07, 6.45) is 2.41. The van der Waals surface area contributed by atoms with E-state index in [0.29, 0.717) is 5.82 Å². The smallest absolute Gasteiger partial charge is 0.387 e. The van der Waals surface area contributed by atoms with E-state index in [1.54, 1.807) is 6.92 Å². The minimum absolute atomic E-state index is 0.0226. The third-order valence-corrected chi connectivity index (χ3v) is 0.982. The average Bonchev–Trinajstić information content (AvgIpc) is 2.12. The largest absolute Gasteiger partial charge is 0.432 e. The molecular weight excluding hydrogens is 178 g/mol. The van der Waals surface area contributed by atoms with Crippen molar-refractivity contribution in [1.29, 1.82) is 0 Å². The van der Waals surface area contributed by atoms with E-state index >= 15 is 0 Å². The topological polar surface area (TPSA) is 35.0 Å². The van der Waals surface area contributed by atoms with E-state index in [1.807, 2.05) is 13.8 Å². The van der Waals surface area contributed by atoms with Gasteiger partial charge >= 0.3 is 6.61 Å². The Bertz CT molecular complexity index is 226. The SMILES string of the molecule is CC.Cc1ncc(OC(F)F)cn1. The minimum Gasteiger partial charge on any atom is -0.432 e. The summed E-state index contributed by atoms with van der Waals surface area (Å²) in [6.45, 7) is 2.84. The summed E-state index contributed by atoms with van der Waals surface area (Å²) in [5.41, 5.74) is 0. The van der Waals surface area contributed by atoms with E-state index in [-0.39, 0.29) is 5.75 Å². The molecule has 0 unspecified atom stereocenters. The molecule has 0 spiro atoms. The van der Waals surface area contributed by atoms with Gasteiger partial charge in [-0.3, -0.25) is 0 Å². The van der Waals surface area contributed by atoms with Crippen LogP contribution in [0.25, 0.3) is 0 Å². The predicted octanol–water partition coefficient (Wildman–Crippen LogP) is 2.41. The van der Waals surface area contributed by atoms with Crippen LogP contribution in [0.5, 0.6) is 5.75 Å². The zero-order valence-electron chi connectivity index (χ0n) is 7.79. The van der Waals surface area contributed by atoms with Gasteiger partial charge in [0.25, 0.3) is 0 Å². The first-order chi connectivity index (χ1) is 6.18. The molecule has 0 aliphatic rings. The molecule has 0 fully saturated rings. The molecule has 0 aromatic carbocycles. The van der Waals surface area contributed by atoms with Gasteiger partial charge in [-0.15, -0.1) is 0 Å². The Morgan fingerprint density at radius 2 is 1.69 bits per heavy atom. The molecule has 3 nitrogen and oxygen atoms in total. The first-order valence-corrected chi connectivity index (χ1v) is 3.92. The van der Waals surface area contributed by atoms with Crippen LogP contribution in [0.2, 0.25) is 0 Å². The molecule has 0 saturated carbocycles. The summed E-state index contributed by atoms with van der Waals surface area (Å²) in [6, 6.07) is 0. The van der Waals surface area contributed by atoms with Gasteiger partial charge in [0, 0.05) is 0 Å². The number of rotatable bonds is 2. The fraction of sp³-hybridized carbons (Fsp3) is 0.500. The van der Waals surface area contributed by atoms with Gasteiger partial charge in [-0.05, 0) is 6.92 Å². The number of nitrogens with zero attached hydrogens (tertiary/aromatic N) is 2. The zero-order chi connectivity index (χ0) is 10.3. The average molecular weight is 190 g/mol. The van der Waals surface area contributed by atoms with Crippen molar-refractivity contribution in [2.75, 3.05) is 0 Å². The zero-order valence-corrected chi connectivity index (χ0v) is 7.79. The van der Waals surface area contributed by atoms with E-state index < -0.39 is 6.61 Å². The van der Waals surface area contributed by atoms with Crippen molar-refractivity contribution in [1.82, 2.24) is 9.97 Å². The number of hydrogen-bond acceptors (Lipinski definition) is 3. The Hall–Kier alpha value is -1.26. The molecule has 1 aromatic rings. The van der Waals surface area contributed by atoms with Gasteiger partial charge in [-0.25, -0.2) is 9.97 Å². The molecule has 1 heterocycles. The summed E-state index contributed by atoms with van der Waals surface area (Å²) < 4.78 is 27.1. The van der Waals surface area contributed by atoms with Gasteiger partial charge < -0.3 is 4.74 Å². The van der Waals surface area contributed by atoms with Crippen LogP contribution in [0.15, 0.2) is 12.4 Å². The Kier molecular flexibility index (Phi) is 5.67. The molecule has 0 aliphatic carbocycles. The lowest BCUT2D eigenvalue weighted by Crippen LogP contribution is -2.02. The van der Waals surface area contributed by atoms with Crippen molar-refractivity contribution in [3.63, 3.8) is 0 Å². The van der Waals surface area contributed by atoms with Crippen LogP contribution in [0.3, 0.4) is 0 Å². The second-order valence-corrected chi connectivity index (χ2v) is 1.84. The number of alkyl halides is 2. The molecule has 0 aliphatic heterocycles. The molecule has 0 atom stereocenters. The van der Waals surface area contributed by atoms with Crippen LogP contribution < -0.4 is 4.74 Å². The van der Waals surface area contributed by atoms with Gasteiger partial charge in [0.05, 0.1) is 12.4 Å². The molecule has 0 bridgehead atoms. The first kappa shape index (κ1) is 11.7. The molecular formula is C8H12F2N2O.